The van der Waals surface area contributed by atoms with Crippen LogP contribution >= 0.6 is 11.8 Å². The van der Waals surface area contributed by atoms with E-state index in [4.69, 9.17) is 4.74 Å². The minimum Gasteiger partial charge on any atom is -0.481 e. The van der Waals surface area contributed by atoms with E-state index in [1.165, 1.54) is 13.0 Å². The van der Waals surface area contributed by atoms with Crippen LogP contribution in [0.3, 0.4) is 0 Å². The molecule has 1 aliphatic heterocycles. The first-order valence-corrected chi connectivity index (χ1v) is 9.86. The molecule has 6 nitrogen and oxygen atoms in total. The molecule has 3 rings (SSSR count). The normalized spacial score (nSPS) is 16.1. The lowest BCUT2D eigenvalue weighted by Gasteiger charge is -2.16. The second-order valence-electron chi connectivity index (χ2n) is 6.37. The molecule has 156 valence electrons. The number of nitrogens with one attached hydrogen (secondary N) is 1. The third-order valence-corrected chi connectivity index (χ3v) is 5.09. The molecule has 0 radical (unpaired) electrons. The van der Waals surface area contributed by atoms with Gasteiger partial charge in [0.2, 0.25) is 0 Å². The predicted octanol–water partition coefficient (Wildman–Crippen LogP) is 3.58. The fourth-order valence-corrected chi connectivity index (χ4v) is 3.50. The Kier molecular flexibility index (Phi) is 6.83. The van der Waals surface area contributed by atoms with Gasteiger partial charge in [-0.05, 0) is 42.5 Å². The van der Waals surface area contributed by atoms with Gasteiger partial charge >= 0.3 is 0 Å². The van der Waals surface area contributed by atoms with E-state index in [9.17, 15) is 23.2 Å². The standard InChI is InChI=1S/C21H18F2N2O4S/c1-13(29-15-7-8-16(22)17(23)12-15)19(26)24-9-10-25-20(27)18(30-21(25)28)11-14-5-3-2-4-6-14/h2-8,11-13H,9-10H2,1H3,(H,24,26)/b18-11+. The van der Waals surface area contributed by atoms with Crippen molar-refractivity contribution in [2.45, 2.75) is 13.0 Å². The maximum absolute atomic E-state index is 13.2. The Morgan fingerprint density at radius 1 is 1.17 bits per heavy atom. The number of hydrogen-bond acceptors (Lipinski definition) is 5. The van der Waals surface area contributed by atoms with Crippen molar-refractivity contribution in [1.82, 2.24) is 10.2 Å². The summed E-state index contributed by atoms with van der Waals surface area (Å²) in [7, 11) is 0. The highest BCUT2D eigenvalue weighted by Crippen LogP contribution is 2.31. The molecular weight excluding hydrogens is 414 g/mol. The molecule has 2 aromatic carbocycles. The highest BCUT2D eigenvalue weighted by molar-refractivity contribution is 8.18. The molecule has 30 heavy (non-hydrogen) atoms. The number of carbonyl (C=O) groups excluding carboxylic acids is 3. The van der Waals surface area contributed by atoms with E-state index in [-0.39, 0.29) is 18.8 Å². The van der Waals surface area contributed by atoms with Crippen LogP contribution in [0, 0.1) is 11.6 Å². The summed E-state index contributed by atoms with van der Waals surface area (Å²) in [4.78, 5) is 38.1. The molecule has 3 amide bonds. The molecule has 0 bridgehead atoms. The SMILES string of the molecule is CC(Oc1ccc(F)c(F)c1)C(=O)NCCN1C(=O)S/C(=C/c2ccccc2)C1=O. The zero-order valence-corrected chi connectivity index (χ0v) is 16.7. The molecule has 0 aliphatic carbocycles. The Hall–Kier alpha value is -3.20. The zero-order valence-electron chi connectivity index (χ0n) is 15.9. The fraction of sp³-hybridized carbons (Fsp3) is 0.190. The molecule has 0 saturated carbocycles. The molecule has 2 aromatic rings. The topological polar surface area (TPSA) is 75.7 Å². The van der Waals surface area contributed by atoms with E-state index in [0.29, 0.717) is 4.91 Å². The molecule has 1 heterocycles. The van der Waals surface area contributed by atoms with Gasteiger partial charge in [0.05, 0.1) is 4.91 Å². The molecule has 1 saturated heterocycles. The Labute approximate surface area is 175 Å². The van der Waals surface area contributed by atoms with Crippen LogP contribution in [0.25, 0.3) is 6.08 Å². The first-order valence-electron chi connectivity index (χ1n) is 9.05. The van der Waals surface area contributed by atoms with Crippen molar-refractivity contribution in [3.05, 3.63) is 70.6 Å². The highest BCUT2D eigenvalue weighted by Gasteiger charge is 2.34. The number of halogens is 2. The van der Waals surface area contributed by atoms with Gasteiger partial charge < -0.3 is 10.1 Å². The third kappa shape index (κ3) is 5.24. The Bertz CT molecular complexity index is 998. The highest BCUT2D eigenvalue weighted by atomic mass is 32.2. The van der Waals surface area contributed by atoms with Crippen LogP contribution in [0.1, 0.15) is 12.5 Å². The Morgan fingerprint density at radius 2 is 1.90 bits per heavy atom. The van der Waals surface area contributed by atoms with Gasteiger partial charge in [-0.15, -0.1) is 0 Å². The molecule has 1 fully saturated rings. The predicted molar refractivity (Wildman–Crippen MR) is 109 cm³/mol. The number of nitrogens with zero attached hydrogens (tertiary/aromatic N) is 1. The molecule has 1 N–H and O–H groups in total. The molecular formula is C21H18F2N2O4S. The minimum absolute atomic E-state index is 0.000429. The fourth-order valence-electron chi connectivity index (χ4n) is 2.64. The van der Waals surface area contributed by atoms with E-state index in [0.717, 1.165) is 34.4 Å². The number of amides is 3. The second-order valence-corrected chi connectivity index (χ2v) is 7.36. The van der Waals surface area contributed by atoms with Crippen molar-refractivity contribution in [2.75, 3.05) is 13.1 Å². The number of carbonyl (C=O) groups is 3. The lowest BCUT2D eigenvalue weighted by Crippen LogP contribution is -2.41. The zero-order chi connectivity index (χ0) is 21.7. The van der Waals surface area contributed by atoms with Crippen LogP contribution in [0.2, 0.25) is 0 Å². The first-order chi connectivity index (χ1) is 14.3. The summed E-state index contributed by atoms with van der Waals surface area (Å²) in [5.41, 5.74) is 0.805. The summed E-state index contributed by atoms with van der Waals surface area (Å²) >= 11 is 0.841. The van der Waals surface area contributed by atoms with Crippen LogP contribution in [0.4, 0.5) is 13.6 Å². The number of rotatable bonds is 7. The monoisotopic (exact) mass is 432 g/mol. The summed E-state index contributed by atoms with van der Waals surface area (Å²) < 4.78 is 31.4. The van der Waals surface area contributed by atoms with Gasteiger partial charge in [0.25, 0.3) is 17.1 Å². The van der Waals surface area contributed by atoms with Crippen LogP contribution in [0.15, 0.2) is 53.4 Å². The number of ether oxygens (including phenoxy) is 1. The summed E-state index contributed by atoms with van der Waals surface area (Å²) in [5, 5.41) is 2.14. The third-order valence-electron chi connectivity index (χ3n) is 4.18. The molecule has 0 aromatic heterocycles. The smallest absolute Gasteiger partial charge is 0.293 e. The number of thioether (sulfide) groups is 1. The molecule has 1 unspecified atom stereocenters. The molecule has 1 atom stereocenters. The van der Waals surface area contributed by atoms with Gasteiger partial charge in [0.1, 0.15) is 5.75 Å². The van der Waals surface area contributed by atoms with Crippen molar-refractivity contribution in [2.24, 2.45) is 0 Å². The van der Waals surface area contributed by atoms with Gasteiger partial charge in [-0.1, -0.05) is 30.3 Å². The van der Waals surface area contributed by atoms with Crippen molar-refractivity contribution in [1.29, 1.82) is 0 Å². The van der Waals surface area contributed by atoms with Crippen molar-refractivity contribution in [3.8, 4) is 5.75 Å². The van der Waals surface area contributed by atoms with E-state index < -0.39 is 34.8 Å². The van der Waals surface area contributed by atoms with E-state index in [1.54, 1.807) is 6.08 Å². The van der Waals surface area contributed by atoms with E-state index in [2.05, 4.69) is 5.32 Å². The average Bonchev–Trinajstić information content (AvgIpc) is 2.98. The summed E-state index contributed by atoms with van der Waals surface area (Å²) in [6.07, 6.45) is 0.657. The van der Waals surface area contributed by atoms with Crippen LogP contribution in [-0.4, -0.2) is 41.1 Å². The quantitative estimate of drug-likeness (QED) is 0.677. The number of imide groups is 1. The molecule has 9 heteroatoms. The number of hydrogen-bond donors (Lipinski definition) is 1. The molecule has 0 spiro atoms. The second kappa shape index (κ2) is 9.53. The number of benzene rings is 2. The Morgan fingerprint density at radius 3 is 2.60 bits per heavy atom. The van der Waals surface area contributed by atoms with E-state index in [1.807, 2.05) is 30.3 Å². The van der Waals surface area contributed by atoms with Gasteiger partial charge in [0, 0.05) is 19.2 Å². The largest absolute Gasteiger partial charge is 0.481 e. The van der Waals surface area contributed by atoms with Gasteiger partial charge in [-0.25, -0.2) is 8.78 Å². The van der Waals surface area contributed by atoms with Crippen molar-refractivity contribution < 1.29 is 27.9 Å². The summed E-state index contributed by atoms with van der Waals surface area (Å²) in [6.45, 7) is 1.47. The van der Waals surface area contributed by atoms with Crippen molar-refractivity contribution >= 4 is 34.9 Å². The van der Waals surface area contributed by atoms with Crippen LogP contribution in [0.5, 0.6) is 5.75 Å². The summed E-state index contributed by atoms with van der Waals surface area (Å²) in [6, 6.07) is 12.1. The average molecular weight is 432 g/mol. The molecule has 1 aliphatic rings. The Balaban J connectivity index is 1.51. The minimum atomic E-state index is -1.08. The van der Waals surface area contributed by atoms with Crippen molar-refractivity contribution in [3.63, 3.8) is 0 Å². The first kappa shape index (κ1) is 21.5. The maximum Gasteiger partial charge on any atom is 0.293 e. The van der Waals surface area contributed by atoms with Gasteiger partial charge in [-0.3, -0.25) is 19.3 Å². The van der Waals surface area contributed by atoms with E-state index >= 15 is 0 Å². The van der Waals surface area contributed by atoms with Crippen LogP contribution in [-0.2, 0) is 9.59 Å². The van der Waals surface area contributed by atoms with Gasteiger partial charge in [-0.2, -0.15) is 0 Å². The maximum atomic E-state index is 13.2. The van der Waals surface area contributed by atoms with Crippen LogP contribution < -0.4 is 10.1 Å². The summed E-state index contributed by atoms with van der Waals surface area (Å²) in [5.74, 6) is -3.03. The lowest BCUT2D eigenvalue weighted by molar-refractivity contribution is -0.128. The lowest BCUT2D eigenvalue weighted by atomic mass is 10.2. The van der Waals surface area contributed by atoms with Gasteiger partial charge in [0.15, 0.2) is 17.7 Å².